The van der Waals surface area contributed by atoms with E-state index in [0.29, 0.717) is 5.75 Å². The normalized spacial score (nSPS) is 11.4. The maximum atomic E-state index is 11.1. The van der Waals surface area contributed by atoms with Crippen molar-refractivity contribution in [2.24, 2.45) is 0 Å². The van der Waals surface area contributed by atoms with E-state index in [9.17, 15) is 8.42 Å². The average molecular weight is 238 g/mol. The summed E-state index contributed by atoms with van der Waals surface area (Å²) in [5.74, 6) is 0.364. The number of hydrogen-bond donors (Lipinski definition) is 2. The lowest BCUT2D eigenvalue weighted by Gasteiger charge is -2.05. The number of ether oxygens (including phenoxy) is 1. The lowest BCUT2D eigenvalue weighted by molar-refractivity contribution is 0.242. The number of rotatable bonds is 3. The van der Waals surface area contributed by atoms with Crippen molar-refractivity contribution in [2.45, 2.75) is 4.90 Å². The van der Waals surface area contributed by atoms with Crippen molar-refractivity contribution >= 4 is 21.6 Å². The molecular formula is C7H8ClNO4S. The molecule has 0 heterocycles. The summed E-state index contributed by atoms with van der Waals surface area (Å²) < 4.78 is 27.0. The monoisotopic (exact) mass is 237 g/mol. The maximum Gasteiger partial charge on any atom is 0.262 e. The van der Waals surface area contributed by atoms with Gasteiger partial charge >= 0.3 is 0 Å². The van der Waals surface area contributed by atoms with Crippen LogP contribution in [0.2, 0.25) is 5.02 Å². The molecule has 0 spiro atoms. The van der Waals surface area contributed by atoms with E-state index in [1.54, 1.807) is 0 Å². The van der Waals surface area contributed by atoms with Crippen molar-refractivity contribution in [1.29, 1.82) is 0 Å². The van der Waals surface area contributed by atoms with Gasteiger partial charge in [-0.05, 0) is 18.2 Å². The Balaban J connectivity index is 3.22. The summed E-state index contributed by atoms with van der Waals surface area (Å²) in [5.41, 5.74) is 0. The molecule has 0 aliphatic heterocycles. The molecular weight excluding hydrogens is 230 g/mol. The minimum atomic E-state index is -3.88. The van der Waals surface area contributed by atoms with Gasteiger partial charge in [0.25, 0.3) is 10.0 Å². The third kappa shape index (κ3) is 2.16. The molecule has 1 rings (SSSR count). The summed E-state index contributed by atoms with van der Waals surface area (Å²) >= 11 is 5.69. The van der Waals surface area contributed by atoms with Gasteiger partial charge in [-0.25, -0.2) is 8.42 Å². The lowest BCUT2D eigenvalue weighted by Crippen LogP contribution is -2.19. The van der Waals surface area contributed by atoms with Gasteiger partial charge < -0.3 is 9.94 Å². The van der Waals surface area contributed by atoms with Gasteiger partial charge in [0, 0.05) is 0 Å². The topological polar surface area (TPSA) is 75.6 Å². The average Bonchev–Trinajstić information content (AvgIpc) is 2.17. The predicted molar refractivity (Wildman–Crippen MR) is 50.1 cm³/mol. The van der Waals surface area contributed by atoms with E-state index in [0.717, 1.165) is 0 Å². The van der Waals surface area contributed by atoms with Crippen LogP contribution in [0.3, 0.4) is 0 Å². The van der Waals surface area contributed by atoms with Crippen LogP contribution in [0.1, 0.15) is 0 Å². The fraction of sp³-hybridized carbons (Fsp3) is 0.143. The van der Waals surface area contributed by atoms with Gasteiger partial charge in [0.15, 0.2) is 0 Å². The van der Waals surface area contributed by atoms with E-state index in [-0.39, 0.29) is 9.92 Å². The largest absolute Gasteiger partial charge is 0.495 e. The van der Waals surface area contributed by atoms with Crippen LogP contribution in [0.25, 0.3) is 0 Å². The Morgan fingerprint density at radius 1 is 1.50 bits per heavy atom. The molecule has 0 fully saturated rings. The van der Waals surface area contributed by atoms with Crippen molar-refractivity contribution in [2.75, 3.05) is 7.11 Å². The first-order chi connectivity index (χ1) is 6.51. The summed E-state index contributed by atoms with van der Waals surface area (Å²) in [6.07, 6.45) is 0. The van der Waals surface area contributed by atoms with Crippen LogP contribution in [-0.2, 0) is 10.0 Å². The standard InChI is InChI=1S/C7H8ClNO4S/c1-13-7-3-2-5(4-6(7)8)14(11,12)9-10/h2-4,9-10H,1H3. The molecule has 0 saturated carbocycles. The number of methoxy groups -OCH3 is 1. The van der Waals surface area contributed by atoms with Gasteiger partial charge in [0.05, 0.1) is 17.0 Å². The van der Waals surface area contributed by atoms with Crippen LogP contribution < -0.4 is 9.62 Å². The highest BCUT2D eigenvalue weighted by atomic mass is 35.5. The van der Waals surface area contributed by atoms with Gasteiger partial charge in [-0.3, -0.25) is 0 Å². The highest BCUT2D eigenvalue weighted by Gasteiger charge is 2.14. The molecule has 0 unspecified atom stereocenters. The predicted octanol–water partition coefficient (Wildman–Crippen LogP) is 1.02. The molecule has 5 nitrogen and oxygen atoms in total. The highest BCUT2D eigenvalue weighted by molar-refractivity contribution is 7.89. The third-order valence-electron chi connectivity index (χ3n) is 1.55. The zero-order valence-corrected chi connectivity index (χ0v) is 8.76. The van der Waals surface area contributed by atoms with Crippen LogP contribution in [-0.4, -0.2) is 20.7 Å². The summed E-state index contributed by atoms with van der Waals surface area (Å²) in [5, 5.41) is 8.51. The third-order valence-corrected chi connectivity index (χ3v) is 2.96. The van der Waals surface area contributed by atoms with Crippen molar-refractivity contribution in [3.05, 3.63) is 23.2 Å². The summed E-state index contributed by atoms with van der Waals surface area (Å²) in [7, 11) is -2.46. The van der Waals surface area contributed by atoms with E-state index in [2.05, 4.69) is 0 Å². The second kappa shape index (κ2) is 4.14. The van der Waals surface area contributed by atoms with E-state index in [1.165, 1.54) is 30.2 Å². The maximum absolute atomic E-state index is 11.1. The van der Waals surface area contributed by atoms with Crippen molar-refractivity contribution in [1.82, 2.24) is 4.89 Å². The number of halogens is 1. The molecule has 2 N–H and O–H groups in total. The van der Waals surface area contributed by atoms with Crippen LogP contribution in [0.5, 0.6) is 5.75 Å². The smallest absolute Gasteiger partial charge is 0.262 e. The summed E-state index contributed by atoms with van der Waals surface area (Å²) in [6, 6.07) is 3.84. The van der Waals surface area contributed by atoms with Crippen LogP contribution >= 0.6 is 11.6 Å². The van der Waals surface area contributed by atoms with Crippen molar-refractivity contribution in [3.63, 3.8) is 0 Å². The number of benzene rings is 1. The molecule has 1 aromatic rings. The molecule has 0 aliphatic rings. The number of hydrogen-bond acceptors (Lipinski definition) is 4. The first-order valence-electron chi connectivity index (χ1n) is 3.50. The van der Waals surface area contributed by atoms with E-state index in [4.69, 9.17) is 21.5 Å². The van der Waals surface area contributed by atoms with Crippen molar-refractivity contribution < 1.29 is 18.4 Å². The van der Waals surface area contributed by atoms with Crippen LogP contribution in [0.4, 0.5) is 0 Å². The van der Waals surface area contributed by atoms with E-state index in [1.807, 2.05) is 0 Å². The first-order valence-corrected chi connectivity index (χ1v) is 5.37. The minimum Gasteiger partial charge on any atom is -0.495 e. The van der Waals surface area contributed by atoms with Gasteiger partial charge in [0.2, 0.25) is 0 Å². The van der Waals surface area contributed by atoms with Crippen LogP contribution in [0.15, 0.2) is 23.1 Å². The molecule has 0 saturated heterocycles. The number of sulfonamides is 1. The zero-order valence-electron chi connectivity index (χ0n) is 7.19. The Morgan fingerprint density at radius 2 is 2.14 bits per heavy atom. The molecule has 0 aliphatic carbocycles. The molecule has 1 aromatic carbocycles. The molecule has 14 heavy (non-hydrogen) atoms. The summed E-state index contributed by atoms with van der Waals surface area (Å²) in [6.45, 7) is 0. The second-order valence-corrected chi connectivity index (χ2v) is 4.46. The van der Waals surface area contributed by atoms with Crippen LogP contribution in [0, 0.1) is 0 Å². The quantitative estimate of drug-likeness (QED) is 0.770. The molecule has 7 heteroatoms. The fourth-order valence-electron chi connectivity index (χ4n) is 0.867. The Hall–Kier alpha value is -0.820. The van der Waals surface area contributed by atoms with Crippen molar-refractivity contribution in [3.8, 4) is 5.75 Å². The zero-order chi connectivity index (χ0) is 10.8. The minimum absolute atomic E-state index is 0.134. The van der Waals surface area contributed by atoms with E-state index >= 15 is 0 Å². The van der Waals surface area contributed by atoms with Gasteiger partial charge in [0.1, 0.15) is 5.75 Å². The summed E-state index contributed by atoms with van der Waals surface area (Å²) in [4.78, 5) is 1.06. The Kier molecular flexibility index (Phi) is 3.33. The second-order valence-electron chi connectivity index (χ2n) is 2.39. The Morgan fingerprint density at radius 3 is 2.57 bits per heavy atom. The molecule has 0 atom stereocenters. The van der Waals surface area contributed by atoms with Gasteiger partial charge in [-0.2, -0.15) is 0 Å². The van der Waals surface area contributed by atoms with Gasteiger partial charge in [-0.1, -0.05) is 16.5 Å². The lowest BCUT2D eigenvalue weighted by atomic mass is 10.3. The van der Waals surface area contributed by atoms with E-state index < -0.39 is 10.0 Å². The van der Waals surface area contributed by atoms with Gasteiger partial charge in [-0.15, -0.1) is 0 Å². The Labute approximate surface area is 86.3 Å². The molecule has 0 aromatic heterocycles. The molecule has 78 valence electrons. The molecule has 0 amide bonds. The first kappa shape index (κ1) is 11.3. The fourth-order valence-corrected chi connectivity index (χ4v) is 1.81. The highest BCUT2D eigenvalue weighted by Crippen LogP contribution is 2.26. The molecule has 0 bridgehead atoms. The number of nitrogens with one attached hydrogen (secondary N) is 1. The SMILES string of the molecule is COc1ccc(S(=O)(=O)NO)cc1Cl. The molecule has 0 radical (unpaired) electrons. The Bertz CT molecular complexity index is 431.